The van der Waals surface area contributed by atoms with Gasteiger partial charge in [0.25, 0.3) is 0 Å². The topological polar surface area (TPSA) is 85.3 Å². The molecular weight excluding hydrogens is 264 g/mol. The number of pyridine rings is 1. The molecule has 0 unspecified atom stereocenters. The van der Waals surface area contributed by atoms with E-state index in [1.165, 1.54) is 0 Å². The summed E-state index contributed by atoms with van der Waals surface area (Å²) in [5.74, 6) is 1.10. The lowest BCUT2D eigenvalue weighted by molar-refractivity contribution is 0.313. The number of nitriles is 1. The molecule has 0 amide bonds. The fraction of sp³-hybridized carbons (Fsp3) is 0.562. The Bertz CT molecular complexity index is 729. The van der Waals surface area contributed by atoms with Crippen LogP contribution in [0.5, 0.6) is 0 Å². The Balaban J connectivity index is 1.84. The number of aromatic amines is 2. The molecule has 0 aromatic carbocycles. The molecule has 2 aromatic heterocycles. The highest BCUT2D eigenvalue weighted by atomic mass is 16.1. The first kappa shape index (κ1) is 13.9. The molecule has 3 rings (SSSR count). The lowest BCUT2D eigenvalue weighted by Gasteiger charge is -2.28. The average Bonchev–Trinajstić information content (AvgIpc) is 2.86. The van der Waals surface area contributed by atoms with Crippen molar-refractivity contribution in [2.24, 2.45) is 5.92 Å². The molecule has 110 valence electrons. The largest absolute Gasteiger partial charge is 0.305 e. The number of hydrogen-bond donors (Lipinski definition) is 2. The summed E-state index contributed by atoms with van der Waals surface area (Å²) in [6, 6.07) is 3.98. The van der Waals surface area contributed by atoms with Gasteiger partial charge in [0.05, 0.1) is 6.07 Å². The molecule has 0 radical (unpaired) electrons. The lowest BCUT2D eigenvalue weighted by atomic mass is 9.76. The van der Waals surface area contributed by atoms with Crippen LogP contribution in [0.2, 0.25) is 0 Å². The monoisotopic (exact) mass is 284 g/mol. The Labute approximate surface area is 123 Å². The summed E-state index contributed by atoms with van der Waals surface area (Å²) in [5, 5.41) is 16.9. The van der Waals surface area contributed by atoms with Gasteiger partial charge in [0.15, 0.2) is 5.65 Å². The molecular formula is C16H20N4O. The van der Waals surface area contributed by atoms with Gasteiger partial charge in [-0.15, -0.1) is 0 Å². The van der Waals surface area contributed by atoms with E-state index < -0.39 is 0 Å². The Hall–Kier alpha value is -2.09. The van der Waals surface area contributed by atoms with Crippen LogP contribution in [0.4, 0.5) is 0 Å². The van der Waals surface area contributed by atoms with Crippen LogP contribution in [-0.4, -0.2) is 15.2 Å². The van der Waals surface area contributed by atoms with Crippen molar-refractivity contribution in [2.45, 2.75) is 51.4 Å². The predicted octanol–water partition coefficient (Wildman–Crippen LogP) is 3.14. The first-order valence-corrected chi connectivity index (χ1v) is 7.64. The molecule has 5 heteroatoms. The van der Waals surface area contributed by atoms with Crippen molar-refractivity contribution < 1.29 is 0 Å². The van der Waals surface area contributed by atoms with Gasteiger partial charge in [-0.2, -0.15) is 10.4 Å². The van der Waals surface area contributed by atoms with Crippen molar-refractivity contribution in [3.8, 4) is 6.07 Å². The van der Waals surface area contributed by atoms with Crippen molar-refractivity contribution in [1.82, 2.24) is 15.2 Å². The van der Waals surface area contributed by atoms with Gasteiger partial charge >= 0.3 is 0 Å². The number of rotatable bonds is 3. The molecule has 1 saturated carbocycles. The second-order valence-electron chi connectivity index (χ2n) is 6.08. The Morgan fingerprint density at radius 2 is 2.14 bits per heavy atom. The third-order valence-corrected chi connectivity index (χ3v) is 4.72. The number of H-pyrrole nitrogens is 2. The summed E-state index contributed by atoms with van der Waals surface area (Å²) in [6.45, 7) is 2.00. The van der Waals surface area contributed by atoms with Crippen LogP contribution in [0, 0.1) is 24.2 Å². The van der Waals surface area contributed by atoms with Crippen LogP contribution in [0.3, 0.4) is 0 Å². The number of aromatic nitrogens is 3. The quantitative estimate of drug-likeness (QED) is 0.908. The zero-order chi connectivity index (χ0) is 14.8. The molecule has 0 saturated heterocycles. The fourth-order valence-corrected chi connectivity index (χ4v) is 3.59. The first-order valence-electron chi connectivity index (χ1n) is 7.64. The van der Waals surface area contributed by atoms with Gasteiger partial charge in [-0.1, -0.05) is 0 Å². The van der Waals surface area contributed by atoms with Crippen molar-refractivity contribution in [1.29, 1.82) is 5.26 Å². The Kier molecular flexibility index (Phi) is 3.78. The van der Waals surface area contributed by atoms with Gasteiger partial charge in [0.1, 0.15) is 0 Å². The molecule has 2 heterocycles. The van der Waals surface area contributed by atoms with Crippen molar-refractivity contribution >= 4 is 11.0 Å². The number of hydrogen-bond acceptors (Lipinski definition) is 3. The molecule has 2 aromatic rings. The van der Waals surface area contributed by atoms with E-state index in [9.17, 15) is 4.79 Å². The van der Waals surface area contributed by atoms with E-state index in [2.05, 4.69) is 21.3 Å². The zero-order valence-electron chi connectivity index (χ0n) is 12.3. The maximum Gasteiger partial charge on any atom is 0.249 e. The van der Waals surface area contributed by atoms with Crippen LogP contribution in [0.1, 0.15) is 55.7 Å². The number of aryl methyl sites for hydroxylation is 1. The third-order valence-electron chi connectivity index (χ3n) is 4.72. The van der Waals surface area contributed by atoms with E-state index in [-0.39, 0.29) is 5.56 Å². The van der Waals surface area contributed by atoms with E-state index in [0.29, 0.717) is 23.9 Å². The highest BCUT2D eigenvalue weighted by Gasteiger charge is 2.25. The molecule has 0 aliphatic heterocycles. The van der Waals surface area contributed by atoms with E-state index >= 15 is 0 Å². The maximum atomic E-state index is 11.8. The van der Waals surface area contributed by atoms with Crippen LogP contribution in [-0.2, 0) is 0 Å². The zero-order valence-corrected chi connectivity index (χ0v) is 12.3. The van der Waals surface area contributed by atoms with Gasteiger partial charge in [-0.3, -0.25) is 9.89 Å². The summed E-state index contributed by atoms with van der Waals surface area (Å²) < 4.78 is 0. The number of nitrogens with zero attached hydrogens (tertiary/aromatic N) is 2. The summed E-state index contributed by atoms with van der Waals surface area (Å²) in [7, 11) is 0. The van der Waals surface area contributed by atoms with Crippen molar-refractivity contribution in [3.63, 3.8) is 0 Å². The number of nitrogens with one attached hydrogen (secondary N) is 2. The smallest absolute Gasteiger partial charge is 0.249 e. The predicted molar refractivity (Wildman–Crippen MR) is 81.0 cm³/mol. The Morgan fingerprint density at radius 3 is 2.86 bits per heavy atom. The summed E-state index contributed by atoms with van der Waals surface area (Å²) in [4.78, 5) is 14.6. The minimum atomic E-state index is -0.0735. The molecule has 1 aliphatic carbocycles. The van der Waals surface area contributed by atoms with Crippen LogP contribution in [0.25, 0.3) is 11.0 Å². The first-order chi connectivity index (χ1) is 10.2. The van der Waals surface area contributed by atoms with Gasteiger partial charge in [-0.25, -0.2) is 0 Å². The molecule has 1 fully saturated rings. The molecule has 21 heavy (non-hydrogen) atoms. The second kappa shape index (κ2) is 5.72. The standard InChI is InChI=1S/C16H20N4O/c1-10-15-13(9-14(21)18-16(15)20-19-10)12-6-4-11(5-7-12)3-2-8-17/h9,11-12H,2-7H2,1H3,(H2,18,19,20,21). The normalized spacial score (nSPS) is 22.3. The Morgan fingerprint density at radius 1 is 1.38 bits per heavy atom. The van der Waals surface area contributed by atoms with E-state index in [1.807, 2.05) is 6.92 Å². The van der Waals surface area contributed by atoms with Crippen LogP contribution >= 0.6 is 0 Å². The highest BCUT2D eigenvalue weighted by Crippen LogP contribution is 2.39. The van der Waals surface area contributed by atoms with Crippen molar-refractivity contribution in [3.05, 3.63) is 27.7 Å². The summed E-state index contributed by atoms with van der Waals surface area (Å²) in [5.41, 5.74) is 2.75. The SMILES string of the molecule is Cc1[nH]nc2[nH]c(=O)cc(C3CCC(CCC#N)CC3)c12. The van der Waals surface area contributed by atoms with Crippen LogP contribution < -0.4 is 5.56 Å². The van der Waals surface area contributed by atoms with Gasteiger partial charge in [0, 0.05) is 23.6 Å². The highest BCUT2D eigenvalue weighted by molar-refractivity contribution is 5.81. The number of fused-ring (bicyclic) bond motifs is 1. The molecule has 1 aliphatic rings. The van der Waals surface area contributed by atoms with Gasteiger partial charge < -0.3 is 4.98 Å². The third kappa shape index (κ3) is 2.71. The molecule has 0 spiro atoms. The second-order valence-corrected chi connectivity index (χ2v) is 6.08. The summed E-state index contributed by atoms with van der Waals surface area (Å²) in [6.07, 6.45) is 6.16. The molecule has 2 N–H and O–H groups in total. The van der Waals surface area contributed by atoms with E-state index in [0.717, 1.165) is 48.7 Å². The molecule has 0 bridgehead atoms. The van der Waals surface area contributed by atoms with Gasteiger partial charge in [0.2, 0.25) is 5.56 Å². The van der Waals surface area contributed by atoms with Crippen molar-refractivity contribution in [2.75, 3.05) is 0 Å². The minimum Gasteiger partial charge on any atom is -0.305 e. The minimum absolute atomic E-state index is 0.0735. The fourth-order valence-electron chi connectivity index (χ4n) is 3.59. The van der Waals surface area contributed by atoms with E-state index in [1.54, 1.807) is 6.07 Å². The summed E-state index contributed by atoms with van der Waals surface area (Å²) >= 11 is 0. The van der Waals surface area contributed by atoms with Crippen LogP contribution in [0.15, 0.2) is 10.9 Å². The maximum absolute atomic E-state index is 11.8. The molecule has 5 nitrogen and oxygen atoms in total. The lowest BCUT2D eigenvalue weighted by Crippen LogP contribution is -2.16. The average molecular weight is 284 g/mol. The molecule has 0 atom stereocenters. The van der Waals surface area contributed by atoms with Gasteiger partial charge in [-0.05, 0) is 56.4 Å². The van der Waals surface area contributed by atoms with E-state index in [4.69, 9.17) is 5.26 Å².